The van der Waals surface area contributed by atoms with Crippen LogP contribution in [0.15, 0.2) is 0 Å². The molecule has 2 rings (SSSR count). The molecule has 2 fully saturated rings. The molecule has 3 heteroatoms. The third kappa shape index (κ3) is 6.25. The van der Waals surface area contributed by atoms with Crippen LogP contribution in [0, 0.1) is 11.8 Å². The van der Waals surface area contributed by atoms with E-state index in [0.29, 0.717) is 11.8 Å². The van der Waals surface area contributed by atoms with E-state index in [1.165, 1.54) is 12.8 Å². The lowest BCUT2D eigenvalue weighted by Crippen LogP contribution is -2.49. The van der Waals surface area contributed by atoms with E-state index in [0.717, 1.165) is 44.9 Å². The van der Waals surface area contributed by atoms with Crippen molar-refractivity contribution in [2.75, 3.05) is 33.2 Å². The molecule has 0 aromatic heterocycles. The number of amides is 1. The summed E-state index contributed by atoms with van der Waals surface area (Å²) in [5.41, 5.74) is 0. The summed E-state index contributed by atoms with van der Waals surface area (Å²) in [5, 5.41) is 0. The number of hydrogen-bond donors (Lipinski definition) is 0. The second-order valence-corrected chi connectivity index (χ2v) is 5.59. The van der Waals surface area contributed by atoms with Crippen molar-refractivity contribution in [2.45, 2.75) is 60.3 Å². The van der Waals surface area contributed by atoms with Crippen molar-refractivity contribution >= 4 is 5.91 Å². The monoisotopic (exact) mass is 284 g/mol. The third-order valence-electron chi connectivity index (χ3n) is 4.18. The zero-order chi connectivity index (χ0) is 15.5. The summed E-state index contributed by atoms with van der Waals surface area (Å²) in [5.74, 6) is 1.59. The second-order valence-electron chi connectivity index (χ2n) is 5.59. The standard InChI is InChI=1S/C13H24N2O.2C2H6/c1-11-3-5-12(6-4-11)13(16)15-9-7-14(2)8-10-15;2*1-2/h11-12H,3-10H2,1-2H3;2*1-2H3. The minimum absolute atomic E-state index is 0.333. The van der Waals surface area contributed by atoms with Gasteiger partial charge in [0.15, 0.2) is 0 Å². The zero-order valence-electron chi connectivity index (χ0n) is 14.6. The van der Waals surface area contributed by atoms with Gasteiger partial charge in [-0.1, -0.05) is 34.6 Å². The average molecular weight is 284 g/mol. The molecule has 1 aliphatic heterocycles. The Bertz CT molecular complexity index is 215. The Morgan fingerprint density at radius 3 is 1.75 bits per heavy atom. The van der Waals surface area contributed by atoms with Crippen LogP contribution in [0.4, 0.5) is 0 Å². The molecule has 3 nitrogen and oxygen atoms in total. The maximum atomic E-state index is 12.3. The quantitative estimate of drug-likeness (QED) is 0.734. The van der Waals surface area contributed by atoms with E-state index in [4.69, 9.17) is 0 Å². The van der Waals surface area contributed by atoms with E-state index in [-0.39, 0.29) is 0 Å². The topological polar surface area (TPSA) is 23.6 Å². The van der Waals surface area contributed by atoms with Crippen LogP contribution in [0.25, 0.3) is 0 Å². The molecule has 0 aromatic carbocycles. The minimum Gasteiger partial charge on any atom is -0.340 e. The number of piperazine rings is 1. The highest BCUT2D eigenvalue weighted by Crippen LogP contribution is 2.29. The van der Waals surface area contributed by atoms with E-state index in [2.05, 4.69) is 23.8 Å². The Morgan fingerprint density at radius 1 is 0.850 bits per heavy atom. The fourth-order valence-electron chi connectivity index (χ4n) is 2.79. The Balaban J connectivity index is 0.000000829. The van der Waals surface area contributed by atoms with Gasteiger partial charge in [0.05, 0.1) is 0 Å². The molecule has 0 spiro atoms. The number of hydrogen-bond acceptors (Lipinski definition) is 2. The summed E-state index contributed by atoms with van der Waals surface area (Å²) in [4.78, 5) is 16.7. The van der Waals surface area contributed by atoms with Gasteiger partial charge in [0.2, 0.25) is 5.91 Å². The van der Waals surface area contributed by atoms with Crippen molar-refractivity contribution in [3.63, 3.8) is 0 Å². The highest BCUT2D eigenvalue weighted by Gasteiger charge is 2.29. The molecule has 120 valence electrons. The van der Waals surface area contributed by atoms with Gasteiger partial charge in [-0.2, -0.15) is 0 Å². The molecular weight excluding hydrogens is 248 g/mol. The molecule has 0 N–H and O–H groups in total. The van der Waals surface area contributed by atoms with Crippen molar-refractivity contribution in [1.29, 1.82) is 0 Å². The molecule has 1 aliphatic carbocycles. The van der Waals surface area contributed by atoms with E-state index >= 15 is 0 Å². The fraction of sp³-hybridized carbons (Fsp3) is 0.941. The number of rotatable bonds is 1. The smallest absolute Gasteiger partial charge is 0.225 e. The fourth-order valence-corrected chi connectivity index (χ4v) is 2.79. The lowest BCUT2D eigenvalue weighted by atomic mass is 9.82. The van der Waals surface area contributed by atoms with Gasteiger partial charge in [0, 0.05) is 32.1 Å². The Hall–Kier alpha value is -0.570. The molecule has 0 bridgehead atoms. The van der Waals surface area contributed by atoms with E-state index < -0.39 is 0 Å². The van der Waals surface area contributed by atoms with Crippen LogP contribution in [-0.4, -0.2) is 48.9 Å². The van der Waals surface area contributed by atoms with Crippen molar-refractivity contribution < 1.29 is 4.79 Å². The highest BCUT2D eigenvalue weighted by molar-refractivity contribution is 5.79. The molecule has 1 amide bonds. The van der Waals surface area contributed by atoms with Gasteiger partial charge in [-0.15, -0.1) is 0 Å². The lowest BCUT2D eigenvalue weighted by molar-refractivity contribution is -0.138. The van der Waals surface area contributed by atoms with Gasteiger partial charge in [0.25, 0.3) is 0 Å². The molecule has 1 saturated heterocycles. The average Bonchev–Trinajstić information content (AvgIpc) is 2.52. The van der Waals surface area contributed by atoms with E-state index in [9.17, 15) is 4.79 Å². The first kappa shape index (κ1) is 19.4. The molecule has 0 unspecified atom stereocenters. The van der Waals surface area contributed by atoms with Crippen LogP contribution in [0.1, 0.15) is 60.3 Å². The summed E-state index contributed by atoms with van der Waals surface area (Å²) < 4.78 is 0. The normalized spacial score (nSPS) is 26.8. The predicted molar refractivity (Wildman–Crippen MR) is 87.9 cm³/mol. The van der Waals surface area contributed by atoms with Crippen molar-refractivity contribution in [3.8, 4) is 0 Å². The summed E-state index contributed by atoms with van der Waals surface area (Å²) >= 11 is 0. The van der Waals surface area contributed by atoms with Crippen LogP contribution in [-0.2, 0) is 4.79 Å². The Kier molecular flexibility index (Phi) is 10.8. The van der Waals surface area contributed by atoms with E-state index in [1.807, 2.05) is 27.7 Å². The summed E-state index contributed by atoms with van der Waals surface area (Å²) in [6.07, 6.45) is 4.72. The van der Waals surface area contributed by atoms with Crippen LogP contribution >= 0.6 is 0 Å². The largest absolute Gasteiger partial charge is 0.340 e. The molecule has 1 saturated carbocycles. The third-order valence-corrected chi connectivity index (χ3v) is 4.18. The van der Waals surface area contributed by atoms with Gasteiger partial charge < -0.3 is 9.80 Å². The molecule has 0 atom stereocenters. The van der Waals surface area contributed by atoms with E-state index in [1.54, 1.807) is 0 Å². The lowest BCUT2D eigenvalue weighted by Gasteiger charge is -2.36. The molecular formula is C17H36N2O. The van der Waals surface area contributed by atoms with Gasteiger partial charge >= 0.3 is 0 Å². The number of likely N-dealkylation sites (N-methyl/N-ethyl adjacent to an activating group) is 1. The number of nitrogens with zero attached hydrogens (tertiary/aromatic N) is 2. The molecule has 0 aromatic rings. The van der Waals surface area contributed by atoms with Crippen LogP contribution in [0.2, 0.25) is 0 Å². The maximum Gasteiger partial charge on any atom is 0.225 e. The van der Waals surface area contributed by atoms with Crippen LogP contribution < -0.4 is 0 Å². The predicted octanol–water partition coefficient (Wildman–Crippen LogP) is 3.64. The first-order valence-corrected chi connectivity index (χ1v) is 8.64. The van der Waals surface area contributed by atoms with Gasteiger partial charge in [-0.05, 0) is 38.6 Å². The Morgan fingerprint density at radius 2 is 1.30 bits per heavy atom. The van der Waals surface area contributed by atoms with Gasteiger partial charge in [-0.25, -0.2) is 0 Å². The van der Waals surface area contributed by atoms with Crippen molar-refractivity contribution in [2.24, 2.45) is 11.8 Å². The zero-order valence-corrected chi connectivity index (χ0v) is 14.6. The SMILES string of the molecule is CC.CC.CC1CCC(C(=O)N2CCN(C)CC2)CC1. The van der Waals surface area contributed by atoms with Gasteiger partial charge in [-0.3, -0.25) is 4.79 Å². The highest BCUT2D eigenvalue weighted by atomic mass is 16.2. The van der Waals surface area contributed by atoms with Gasteiger partial charge in [0.1, 0.15) is 0 Å². The van der Waals surface area contributed by atoms with Crippen molar-refractivity contribution in [1.82, 2.24) is 9.80 Å². The summed E-state index contributed by atoms with van der Waals surface area (Å²) in [6.45, 7) is 14.2. The summed E-state index contributed by atoms with van der Waals surface area (Å²) in [6, 6.07) is 0. The van der Waals surface area contributed by atoms with Crippen molar-refractivity contribution in [3.05, 3.63) is 0 Å². The first-order valence-electron chi connectivity index (χ1n) is 8.64. The number of carbonyl (C=O) groups is 1. The molecule has 20 heavy (non-hydrogen) atoms. The Labute approximate surface area is 126 Å². The van der Waals surface area contributed by atoms with Crippen LogP contribution in [0.5, 0.6) is 0 Å². The molecule has 1 heterocycles. The molecule has 0 radical (unpaired) electrons. The summed E-state index contributed by atoms with van der Waals surface area (Å²) in [7, 11) is 2.13. The van der Waals surface area contributed by atoms with Crippen LogP contribution in [0.3, 0.4) is 0 Å². The first-order chi connectivity index (χ1) is 9.66. The minimum atomic E-state index is 0.333. The maximum absolute atomic E-state index is 12.3. The second kappa shape index (κ2) is 11.1. The number of carbonyl (C=O) groups excluding carboxylic acids is 1. The molecule has 2 aliphatic rings.